The Morgan fingerprint density at radius 2 is 1.81 bits per heavy atom. The molecule has 1 amide bonds. The molecule has 31 heavy (non-hydrogen) atoms. The highest BCUT2D eigenvalue weighted by molar-refractivity contribution is 6.06. The predicted octanol–water partition coefficient (Wildman–Crippen LogP) is 4.42. The van der Waals surface area contributed by atoms with Crippen LogP contribution < -0.4 is 0 Å². The molecule has 1 aromatic carbocycles. The van der Waals surface area contributed by atoms with Gasteiger partial charge in [-0.1, -0.05) is 26.0 Å². The van der Waals surface area contributed by atoms with Crippen LogP contribution >= 0.6 is 0 Å². The van der Waals surface area contributed by atoms with Crippen LogP contribution in [0.5, 0.6) is 0 Å². The van der Waals surface area contributed by atoms with Gasteiger partial charge < -0.3 is 14.2 Å². The lowest BCUT2D eigenvalue weighted by Crippen LogP contribution is -2.37. The molecule has 0 atom stereocenters. The lowest BCUT2D eigenvalue weighted by Gasteiger charge is -2.23. The van der Waals surface area contributed by atoms with Crippen molar-refractivity contribution in [2.75, 3.05) is 20.2 Å². The molecule has 0 N–H and O–H groups in total. The van der Waals surface area contributed by atoms with E-state index in [1.54, 1.807) is 24.5 Å². The molecule has 7 heteroatoms. The van der Waals surface area contributed by atoms with Gasteiger partial charge in [0.1, 0.15) is 11.5 Å². The van der Waals surface area contributed by atoms with Gasteiger partial charge in [0.2, 0.25) is 0 Å². The molecule has 168 valence electrons. The smallest absolute Gasteiger partial charge is 0.354 e. The summed E-state index contributed by atoms with van der Waals surface area (Å²) in [6, 6.07) is 5.76. The molecule has 0 spiro atoms. The maximum Gasteiger partial charge on any atom is 0.354 e. The van der Waals surface area contributed by atoms with Gasteiger partial charge in [0.25, 0.3) is 5.91 Å². The molecule has 0 aliphatic carbocycles. The fourth-order valence-electron chi connectivity index (χ4n) is 3.78. The van der Waals surface area contributed by atoms with E-state index in [-0.39, 0.29) is 17.9 Å². The molecule has 0 unspecified atom stereocenters. The van der Waals surface area contributed by atoms with Crippen molar-refractivity contribution in [1.82, 2.24) is 9.47 Å². The van der Waals surface area contributed by atoms with Crippen molar-refractivity contribution in [3.05, 3.63) is 58.2 Å². The second-order valence-corrected chi connectivity index (χ2v) is 7.98. The van der Waals surface area contributed by atoms with Crippen molar-refractivity contribution in [2.24, 2.45) is 5.92 Å². The van der Waals surface area contributed by atoms with E-state index in [4.69, 9.17) is 4.74 Å². The van der Waals surface area contributed by atoms with E-state index in [1.165, 1.54) is 30.2 Å². The average molecular weight is 431 g/mol. The highest BCUT2D eigenvalue weighted by Crippen LogP contribution is 2.24. The molecule has 2 aromatic rings. The third-order valence-corrected chi connectivity index (χ3v) is 5.44. The number of hydrogen-bond acceptors (Lipinski definition) is 4. The van der Waals surface area contributed by atoms with Crippen LogP contribution in [0.15, 0.2) is 24.3 Å². The normalized spacial score (nSPS) is 11.0. The van der Waals surface area contributed by atoms with Crippen molar-refractivity contribution in [3.8, 4) is 0 Å². The van der Waals surface area contributed by atoms with Crippen LogP contribution in [-0.4, -0.2) is 47.3 Å². The van der Waals surface area contributed by atoms with Crippen LogP contribution in [0.3, 0.4) is 0 Å². The van der Waals surface area contributed by atoms with Gasteiger partial charge in [-0.15, -0.1) is 0 Å². The van der Waals surface area contributed by atoms with Crippen LogP contribution in [-0.2, 0) is 11.3 Å². The van der Waals surface area contributed by atoms with Crippen LogP contribution in [0.2, 0.25) is 0 Å². The number of amides is 1. The molecule has 0 aliphatic heterocycles. The molecule has 0 radical (unpaired) electrons. The number of esters is 1. The van der Waals surface area contributed by atoms with Gasteiger partial charge >= 0.3 is 5.97 Å². The summed E-state index contributed by atoms with van der Waals surface area (Å²) in [6.45, 7) is 10.0. The Bertz CT molecular complexity index is 978. The zero-order valence-corrected chi connectivity index (χ0v) is 19.1. The number of aromatic nitrogens is 1. The lowest BCUT2D eigenvalue weighted by atomic mass is 10.0. The number of halogens is 1. The minimum absolute atomic E-state index is 0.0612. The summed E-state index contributed by atoms with van der Waals surface area (Å²) in [5.74, 6) is -1.64. The first-order valence-corrected chi connectivity index (χ1v) is 10.5. The summed E-state index contributed by atoms with van der Waals surface area (Å²) >= 11 is 0. The van der Waals surface area contributed by atoms with Gasteiger partial charge in [0.15, 0.2) is 5.78 Å². The maximum absolute atomic E-state index is 14.2. The van der Waals surface area contributed by atoms with Crippen molar-refractivity contribution in [2.45, 2.75) is 47.6 Å². The SMILES string of the molecule is CCn1c(C)c(C(=O)CN(CCC(C)C)C(=O)c2ccccc2F)c(C)c1C(=O)OC. The highest BCUT2D eigenvalue weighted by atomic mass is 19.1. The van der Waals surface area contributed by atoms with Gasteiger partial charge in [0, 0.05) is 24.3 Å². The van der Waals surface area contributed by atoms with Crippen molar-refractivity contribution >= 4 is 17.7 Å². The van der Waals surface area contributed by atoms with Crippen LogP contribution in [0.4, 0.5) is 4.39 Å². The largest absolute Gasteiger partial charge is 0.464 e. The average Bonchev–Trinajstić information content (AvgIpc) is 2.99. The molecule has 1 heterocycles. The number of Topliss-reactive ketones (excluding diaryl/α,β-unsaturated/α-hetero) is 1. The second kappa shape index (κ2) is 10.4. The Balaban J connectivity index is 2.42. The molecule has 2 rings (SSSR count). The van der Waals surface area contributed by atoms with Crippen LogP contribution in [0.25, 0.3) is 0 Å². The minimum Gasteiger partial charge on any atom is -0.464 e. The summed E-state index contributed by atoms with van der Waals surface area (Å²) in [7, 11) is 1.30. The molecule has 0 bridgehead atoms. The minimum atomic E-state index is -0.619. The topological polar surface area (TPSA) is 68.6 Å². The number of nitrogens with zero attached hydrogens (tertiary/aromatic N) is 2. The number of benzene rings is 1. The zero-order chi connectivity index (χ0) is 23.3. The quantitative estimate of drug-likeness (QED) is 0.436. The fourth-order valence-corrected chi connectivity index (χ4v) is 3.78. The summed E-state index contributed by atoms with van der Waals surface area (Å²) in [5, 5.41) is 0. The Morgan fingerprint density at radius 3 is 2.35 bits per heavy atom. The van der Waals surface area contributed by atoms with Gasteiger partial charge in [-0.05, 0) is 50.8 Å². The standard InChI is InChI=1S/C24H31FN2O4/c1-7-27-17(5)21(16(4)22(27)24(30)31-6)20(28)14-26(13-12-15(2)3)23(29)18-10-8-9-11-19(18)25/h8-11,15H,7,12-14H2,1-6H3. The summed E-state index contributed by atoms with van der Waals surface area (Å²) in [4.78, 5) is 40.0. The third kappa shape index (κ3) is 5.21. The molecule has 0 saturated carbocycles. The molecule has 1 aromatic heterocycles. The second-order valence-electron chi connectivity index (χ2n) is 7.98. The molecule has 0 saturated heterocycles. The summed E-state index contributed by atoms with van der Waals surface area (Å²) < 4.78 is 20.9. The van der Waals surface area contributed by atoms with Crippen LogP contribution in [0, 0.1) is 25.6 Å². The van der Waals surface area contributed by atoms with E-state index in [9.17, 15) is 18.8 Å². The van der Waals surface area contributed by atoms with Crippen molar-refractivity contribution < 1.29 is 23.5 Å². The van der Waals surface area contributed by atoms with Crippen molar-refractivity contribution in [1.29, 1.82) is 0 Å². The van der Waals surface area contributed by atoms with Crippen LogP contribution in [0.1, 0.15) is 69.7 Å². The van der Waals surface area contributed by atoms with Gasteiger partial charge in [-0.2, -0.15) is 0 Å². The van der Waals surface area contributed by atoms with Gasteiger partial charge in [0.05, 0.1) is 19.2 Å². The number of ketones is 1. The third-order valence-electron chi connectivity index (χ3n) is 5.44. The Hall–Kier alpha value is -2.96. The first-order valence-electron chi connectivity index (χ1n) is 10.5. The first kappa shape index (κ1) is 24.3. The number of hydrogen-bond donors (Lipinski definition) is 0. The summed E-state index contributed by atoms with van der Waals surface area (Å²) in [6.07, 6.45) is 0.675. The van der Waals surface area contributed by atoms with E-state index < -0.39 is 17.7 Å². The predicted molar refractivity (Wildman–Crippen MR) is 117 cm³/mol. The number of carbonyl (C=O) groups is 3. The monoisotopic (exact) mass is 430 g/mol. The fraction of sp³-hybridized carbons (Fsp3) is 0.458. The molecular formula is C24H31FN2O4. The van der Waals surface area contributed by atoms with E-state index >= 15 is 0 Å². The number of rotatable bonds is 9. The molecule has 0 fully saturated rings. The van der Waals surface area contributed by atoms with E-state index in [0.717, 1.165) is 0 Å². The van der Waals surface area contributed by atoms with Crippen molar-refractivity contribution in [3.63, 3.8) is 0 Å². The molecule has 0 aliphatic rings. The first-order chi connectivity index (χ1) is 14.6. The van der Waals surface area contributed by atoms with Gasteiger partial charge in [-0.25, -0.2) is 9.18 Å². The molecular weight excluding hydrogens is 399 g/mol. The zero-order valence-electron chi connectivity index (χ0n) is 19.1. The maximum atomic E-state index is 14.2. The number of methoxy groups -OCH3 is 1. The number of ether oxygens (including phenoxy) is 1. The van der Waals surface area contributed by atoms with E-state index in [0.29, 0.717) is 47.9 Å². The van der Waals surface area contributed by atoms with E-state index in [1.807, 2.05) is 20.8 Å². The Labute approximate surface area is 183 Å². The number of carbonyl (C=O) groups excluding carboxylic acids is 3. The Kier molecular flexibility index (Phi) is 8.14. The Morgan fingerprint density at radius 1 is 1.16 bits per heavy atom. The highest BCUT2D eigenvalue weighted by Gasteiger charge is 2.29. The van der Waals surface area contributed by atoms with Gasteiger partial charge in [-0.3, -0.25) is 9.59 Å². The molecule has 6 nitrogen and oxygen atoms in total. The van der Waals surface area contributed by atoms with E-state index in [2.05, 4.69) is 0 Å². The lowest BCUT2D eigenvalue weighted by molar-refractivity contribution is 0.0587. The summed E-state index contributed by atoms with van der Waals surface area (Å²) in [5.41, 5.74) is 1.85.